The van der Waals surface area contributed by atoms with Gasteiger partial charge in [0.1, 0.15) is 0 Å². The minimum absolute atomic E-state index is 0.116. The number of ether oxygens (including phenoxy) is 4. The normalized spacial score (nSPS) is 10.5. The van der Waals surface area contributed by atoms with Crippen LogP contribution in [0.25, 0.3) is 0 Å². The summed E-state index contributed by atoms with van der Waals surface area (Å²) in [7, 11) is 6.62. The van der Waals surface area contributed by atoms with Gasteiger partial charge in [0.2, 0.25) is 0 Å². The largest absolute Gasteiger partial charge is 0.493 e. The summed E-state index contributed by atoms with van der Waals surface area (Å²) in [4.78, 5) is 0. The molecule has 0 unspecified atom stereocenters. The standard InChI is InChI=1S/C19H24O4/c1-6-13(14-9-7-11-16(20-2)18(14)22-4)15-10-8-12-17(21-3)19(15)23-5/h7-13H,6H2,1-5H3. The fraction of sp³-hybridized carbons (Fsp3) is 0.368. The van der Waals surface area contributed by atoms with Gasteiger partial charge in [-0.05, 0) is 18.6 Å². The van der Waals surface area contributed by atoms with Gasteiger partial charge in [-0.2, -0.15) is 0 Å². The van der Waals surface area contributed by atoms with E-state index in [1.807, 2.05) is 24.3 Å². The number of rotatable bonds is 7. The lowest BCUT2D eigenvalue weighted by atomic mass is 9.87. The molecule has 0 bridgehead atoms. The molecule has 4 nitrogen and oxygen atoms in total. The van der Waals surface area contributed by atoms with E-state index in [1.54, 1.807) is 28.4 Å². The number of hydrogen-bond donors (Lipinski definition) is 0. The van der Waals surface area contributed by atoms with E-state index in [1.165, 1.54) is 0 Å². The van der Waals surface area contributed by atoms with E-state index in [0.717, 1.165) is 40.5 Å². The zero-order valence-corrected chi connectivity index (χ0v) is 14.4. The molecule has 0 radical (unpaired) electrons. The summed E-state index contributed by atoms with van der Waals surface area (Å²) in [5.74, 6) is 3.08. The van der Waals surface area contributed by atoms with Crippen LogP contribution in [0.1, 0.15) is 30.4 Å². The van der Waals surface area contributed by atoms with Gasteiger partial charge < -0.3 is 18.9 Å². The van der Waals surface area contributed by atoms with Crippen molar-refractivity contribution in [3.05, 3.63) is 47.5 Å². The predicted molar refractivity (Wildman–Crippen MR) is 91.2 cm³/mol. The zero-order valence-electron chi connectivity index (χ0n) is 14.4. The molecule has 124 valence electrons. The molecule has 0 aliphatic heterocycles. The van der Waals surface area contributed by atoms with Crippen molar-refractivity contribution in [2.75, 3.05) is 28.4 Å². The SMILES string of the molecule is CCC(c1cccc(OC)c1OC)c1cccc(OC)c1OC. The average molecular weight is 316 g/mol. The van der Waals surface area contributed by atoms with Gasteiger partial charge in [0.25, 0.3) is 0 Å². The van der Waals surface area contributed by atoms with Crippen LogP contribution in [0.5, 0.6) is 23.0 Å². The highest BCUT2D eigenvalue weighted by Crippen LogP contribution is 2.44. The molecule has 0 aromatic heterocycles. The molecule has 4 heteroatoms. The summed E-state index contributed by atoms with van der Waals surface area (Å²) in [5.41, 5.74) is 2.14. The number of benzene rings is 2. The fourth-order valence-electron chi connectivity index (χ4n) is 2.98. The molecule has 0 saturated carbocycles. The van der Waals surface area contributed by atoms with E-state index in [-0.39, 0.29) is 5.92 Å². The Morgan fingerprint density at radius 3 is 1.43 bits per heavy atom. The topological polar surface area (TPSA) is 36.9 Å². The van der Waals surface area contributed by atoms with Gasteiger partial charge in [-0.25, -0.2) is 0 Å². The Morgan fingerprint density at radius 2 is 1.13 bits per heavy atom. The van der Waals surface area contributed by atoms with Crippen molar-refractivity contribution in [1.82, 2.24) is 0 Å². The molecule has 2 aromatic rings. The van der Waals surface area contributed by atoms with E-state index >= 15 is 0 Å². The average Bonchev–Trinajstić information content (AvgIpc) is 2.61. The van der Waals surface area contributed by atoms with Crippen molar-refractivity contribution < 1.29 is 18.9 Å². The minimum Gasteiger partial charge on any atom is -0.493 e. The molecule has 0 heterocycles. The lowest BCUT2D eigenvalue weighted by Crippen LogP contribution is -2.06. The maximum atomic E-state index is 5.60. The lowest BCUT2D eigenvalue weighted by molar-refractivity contribution is 0.344. The molecular weight excluding hydrogens is 292 g/mol. The molecule has 0 aliphatic carbocycles. The molecule has 0 saturated heterocycles. The lowest BCUT2D eigenvalue weighted by Gasteiger charge is -2.23. The van der Waals surface area contributed by atoms with Crippen LogP contribution in [0.15, 0.2) is 36.4 Å². The summed E-state index contributed by atoms with van der Waals surface area (Å²) in [6.45, 7) is 2.14. The third-order valence-electron chi connectivity index (χ3n) is 4.03. The molecular formula is C19H24O4. The molecule has 0 atom stereocenters. The smallest absolute Gasteiger partial charge is 0.164 e. The highest BCUT2D eigenvalue weighted by Gasteiger charge is 2.23. The van der Waals surface area contributed by atoms with Gasteiger partial charge in [0.05, 0.1) is 28.4 Å². The number of para-hydroxylation sites is 2. The van der Waals surface area contributed by atoms with Crippen LogP contribution in [-0.2, 0) is 0 Å². The van der Waals surface area contributed by atoms with Crippen LogP contribution in [-0.4, -0.2) is 28.4 Å². The first-order valence-corrected chi connectivity index (χ1v) is 7.63. The molecule has 0 aliphatic rings. The van der Waals surface area contributed by atoms with Crippen molar-refractivity contribution in [2.24, 2.45) is 0 Å². The molecule has 0 fully saturated rings. The summed E-state index contributed by atoms with van der Waals surface area (Å²) in [5, 5.41) is 0. The van der Waals surface area contributed by atoms with Gasteiger partial charge >= 0.3 is 0 Å². The second-order valence-corrected chi connectivity index (χ2v) is 5.13. The second kappa shape index (κ2) is 7.77. The summed E-state index contributed by atoms with van der Waals surface area (Å²) in [6.07, 6.45) is 0.896. The van der Waals surface area contributed by atoms with Crippen molar-refractivity contribution in [1.29, 1.82) is 0 Å². The Hall–Kier alpha value is -2.36. The number of hydrogen-bond acceptors (Lipinski definition) is 4. The van der Waals surface area contributed by atoms with Crippen LogP contribution in [0, 0.1) is 0 Å². The third-order valence-corrected chi connectivity index (χ3v) is 4.03. The zero-order chi connectivity index (χ0) is 16.8. The third kappa shape index (κ3) is 3.21. The van der Waals surface area contributed by atoms with Crippen molar-refractivity contribution in [3.8, 4) is 23.0 Å². The monoisotopic (exact) mass is 316 g/mol. The van der Waals surface area contributed by atoms with Crippen molar-refractivity contribution in [2.45, 2.75) is 19.3 Å². The molecule has 2 aromatic carbocycles. The van der Waals surface area contributed by atoms with Gasteiger partial charge in [0, 0.05) is 17.0 Å². The van der Waals surface area contributed by atoms with Crippen LogP contribution in [0.3, 0.4) is 0 Å². The van der Waals surface area contributed by atoms with E-state index in [4.69, 9.17) is 18.9 Å². The van der Waals surface area contributed by atoms with Crippen LogP contribution in [0.2, 0.25) is 0 Å². The Labute approximate surface area is 137 Å². The van der Waals surface area contributed by atoms with Crippen molar-refractivity contribution in [3.63, 3.8) is 0 Å². The first-order chi connectivity index (χ1) is 11.2. The van der Waals surface area contributed by atoms with Crippen LogP contribution < -0.4 is 18.9 Å². The molecule has 2 rings (SSSR count). The highest BCUT2D eigenvalue weighted by molar-refractivity contribution is 5.56. The minimum atomic E-state index is 0.116. The fourth-order valence-corrected chi connectivity index (χ4v) is 2.98. The molecule has 0 amide bonds. The Balaban J connectivity index is 2.62. The first kappa shape index (κ1) is 17.0. The van der Waals surface area contributed by atoms with Crippen LogP contribution in [0.4, 0.5) is 0 Å². The second-order valence-electron chi connectivity index (χ2n) is 5.13. The van der Waals surface area contributed by atoms with E-state index < -0.39 is 0 Å². The van der Waals surface area contributed by atoms with Gasteiger partial charge in [0.15, 0.2) is 23.0 Å². The summed E-state index contributed by atoms with van der Waals surface area (Å²) >= 11 is 0. The maximum Gasteiger partial charge on any atom is 0.164 e. The summed E-state index contributed by atoms with van der Waals surface area (Å²) < 4.78 is 22.1. The van der Waals surface area contributed by atoms with Crippen LogP contribution >= 0.6 is 0 Å². The Kier molecular flexibility index (Phi) is 5.74. The van der Waals surface area contributed by atoms with E-state index in [2.05, 4.69) is 19.1 Å². The Bertz CT molecular complexity index is 596. The maximum absolute atomic E-state index is 5.60. The van der Waals surface area contributed by atoms with Crippen molar-refractivity contribution >= 4 is 0 Å². The molecule has 0 spiro atoms. The Morgan fingerprint density at radius 1 is 0.696 bits per heavy atom. The van der Waals surface area contributed by atoms with Gasteiger partial charge in [-0.15, -0.1) is 0 Å². The van der Waals surface area contributed by atoms with E-state index in [9.17, 15) is 0 Å². The first-order valence-electron chi connectivity index (χ1n) is 7.63. The highest BCUT2D eigenvalue weighted by atomic mass is 16.5. The number of methoxy groups -OCH3 is 4. The summed E-state index contributed by atoms with van der Waals surface area (Å²) in [6, 6.07) is 11.9. The molecule has 23 heavy (non-hydrogen) atoms. The molecule has 0 N–H and O–H groups in total. The predicted octanol–water partition coefficient (Wildman–Crippen LogP) is 4.26. The van der Waals surface area contributed by atoms with E-state index in [0.29, 0.717) is 0 Å². The quantitative estimate of drug-likeness (QED) is 0.764. The van der Waals surface area contributed by atoms with Gasteiger partial charge in [-0.3, -0.25) is 0 Å². The van der Waals surface area contributed by atoms with Gasteiger partial charge in [-0.1, -0.05) is 31.2 Å².